The first-order valence-electron chi connectivity index (χ1n) is 4.44. The summed E-state index contributed by atoms with van der Waals surface area (Å²) in [6, 6.07) is 6.09. The number of hydrogen-bond acceptors (Lipinski definition) is 2. The molecule has 2 nitrogen and oxygen atoms in total. The summed E-state index contributed by atoms with van der Waals surface area (Å²) in [6.45, 7) is 0.927. The molecule has 2 N–H and O–H groups in total. The van der Waals surface area contributed by atoms with Gasteiger partial charge >= 0.3 is 6.18 Å². The second-order valence-electron chi connectivity index (χ2n) is 3.16. The van der Waals surface area contributed by atoms with Gasteiger partial charge in [-0.1, -0.05) is 24.4 Å². The van der Waals surface area contributed by atoms with E-state index in [0.717, 1.165) is 6.92 Å². The standard InChI is InChI=1S/C10H10F3NOS/c1-6(10(11,12)13)15-8-5-3-2-4-7(8)9(14)16/h2-6H,1H3,(H2,14,16). The van der Waals surface area contributed by atoms with Crippen LogP contribution in [0.5, 0.6) is 5.75 Å². The van der Waals surface area contributed by atoms with Gasteiger partial charge in [0.05, 0.1) is 5.56 Å². The van der Waals surface area contributed by atoms with E-state index in [2.05, 4.69) is 0 Å². The monoisotopic (exact) mass is 249 g/mol. The largest absolute Gasteiger partial charge is 0.481 e. The topological polar surface area (TPSA) is 35.2 Å². The lowest BCUT2D eigenvalue weighted by Crippen LogP contribution is -2.31. The van der Waals surface area contributed by atoms with Crippen LogP contribution < -0.4 is 10.5 Å². The number of halogens is 3. The lowest BCUT2D eigenvalue weighted by Gasteiger charge is -2.19. The van der Waals surface area contributed by atoms with E-state index in [1.54, 1.807) is 12.1 Å². The van der Waals surface area contributed by atoms with Crippen molar-refractivity contribution >= 4 is 17.2 Å². The number of benzene rings is 1. The molecular weight excluding hydrogens is 239 g/mol. The molecule has 0 aliphatic heterocycles. The van der Waals surface area contributed by atoms with Gasteiger partial charge in [0.25, 0.3) is 0 Å². The van der Waals surface area contributed by atoms with Crippen molar-refractivity contribution in [2.45, 2.75) is 19.2 Å². The highest BCUT2D eigenvalue weighted by Crippen LogP contribution is 2.26. The molecule has 1 unspecified atom stereocenters. The normalized spacial score (nSPS) is 13.2. The van der Waals surface area contributed by atoms with Gasteiger partial charge < -0.3 is 10.5 Å². The predicted octanol–water partition coefficient (Wildman–Crippen LogP) is 2.65. The smallest absolute Gasteiger partial charge is 0.425 e. The third-order valence-corrected chi connectivity index (χ3v) is 2.14. The van der Waals surface area contributed by atoms with Crippen molar-refractivity contribution in [3.63, 3.8) is 0 Å². The Morgan fingerprint density at radius 1 is 1.38 bits per heavy atom. The summed E-state index contributed by atoms with van der Waals surface area (Å²) < 4.78 is 41.6. The summed E-state index contributed by atoms with van der Waals surface area (Å²) in [5.41, 5.74) is 5.67. The molecule has 0 bridgehead atoms. The molecule has 1 aromatic carbocycles. The van der Waals surface area contributed by atoms with Crippen LogP contribution in [0.2, 0.25) is 0 Å². The summed E-state index contributed by atoms with van der Waals surface area (Å²) in [6.07, 6.45) is -6.31. The lowest BCUT2D eigenvalue weighted by atomic mass is 10.2. The maximum atomic E-state index is 12.3. The highest BCUT2D eigenvalue weighted by atomic mass is 32.1. The van der Waals surface area contributed by atoms with E-state index in [0.29, 0.717) is 5.56 Å². The van der Waals surface area contributed by atoms with Crippen molar-refractivity contribution in [1.29, 1.82) is 0 Å². The van der Waals surface area contributed by atoms with Crippen LogP contribution >= 0.6 is 12.2 Å². The molecule has 16 heavy (non-hydrogen) atoms. The minimum Gasteiger partial charge on any atom is -0.481 e. The minimum absolute atomic E-state index is 0.00461. The van der Waals surface area contributed by atoms with Crippen LogP contribution in [0.1, 0.15) is 12.5 Å². The van der Waals surface area contributed by atoms with Crippen LogP contribution in [0.3, 0.4) is 0 Å². The van der Waals surface area contributed by atoms with Crippen LogP contribution in [-0.4, -0.2) is 17.3 Å². The van der Waals surface area contributed by atoms with Crippen molar-refractivity contribution in [3.05, 3.63) is 29.8 Å². The zero-order valence-corrected chi connectivity index (χ0v) is 9.23. The Balaban J connectivity index is 2.93. The molecule has 6 heteroatoms. The van der Waals surface area contributed by atoms with E-state index in [-0.39, 0.29) is 10.7 Å². The quantitative estimate of drug-likeness (QED) is 0.836. The Bertz CT molecular complexity index is 392. The van der Waals surface area contributed by atoms with Crippen LogP contribution in [0, 0.1) is 0 Å². The number of rotatable bonds is 3. The van der Waals surface area contributed by atoms with Gasteiger partial charge in [0, 0.05) is 0 Å². The number of alkyl halides is 3. The average molecular weight is 249 g/mol. The molecule has 0 spiro atoms. The molecule has 1 aromatic rings. The van der Waals surface area contributed by atoms with Crippen molar-refractivity contribution < 1.29 is 17.9 Å². The Hall–Kier alpha value is -1.30. The fourth-order valence-electron chi connectivity index (χ4n) is 1.03. The highest BCUT2D eigenvalue weighted by Gasteiger charge is 2.38. The number of ether oxygens (including phenoxy) is 1. The van der Waals surface area contributed by atoms with Crippen molar-refractivity contribution in [1.82, 2.24) is 0 Å². The van der Waals surface area contributed by atoms with Gasteiger partial charge in [-0.2, -0.15) is 13.2 Å². The van der Waals surface area contributed by atoms with Gasteiger partial charge in [-0.05, 0) is 19.1 Å². The number of nitrogens with two attached hydrogens (primary N) is 1. The van der Waals surface area contributed by atoms with E-state index in [1.165, 1.54) is 12.1 Å². The Morgan fingerprint density at radius 2 is 1.94 bits per heavy atom. The molecule has 0 amide bonds. The molecule has 0 saturated heterocycles. The summed E-state index contributed by atoms with van der Waals surface area (Å²) in [5, 5.41) is 0. The Kier molecular flexibility index (Phi) is 3.74. The Morgan fingerprint density at radius 3 is 2.44 bits per heavy atom. The maximum absolute atomic E-state index is 12.3. The van der Waals surface area contributed by atoms with E-state index >= 15 is 0 Å². The predicted molar refractivity (Wildman–Crippen MR) is 58.5 cm³/mol. The number of hydrogen-bond donors (Lipinski definition) is 1. The number of para-hydroxylation sites is 1. The van der Waals surface area contributed by atoms with Gasteiger partial charge in [0.1, 0.15) is 10.7 Å². The van der Waals surface area contributed by atoms with Gasteiger partial charge in [-0.3, -0.25) is 0 Å². The van der Waals surface area contributed by atoms with E-state index in [9.17, 15) is 13.2 Å². The summed E-state index contributed by atoms with van der Waals surface area (Å²) in [5.74, 6) is 0.0415. The highest BCUT2D eigenvalue weighted by molar-refractivity contribution is 7.80. The van der Waals surface area contributed by atoms with Crippen LogP contribution in [-0.2, 0) is 0 Å². The van der Waals surface area contributed by atoms with E-state index in [1.807, 2.05) is 0 Å². The average Bonchev–Trinajstić information content (AvgIpc) is 2.16. The van der Waals surface area contributed by atoms with Gasteiger partial charge in [0.2, 0.25) is 0 Å². The molecular formula is C10H10F3NOS. The Labute approximate surface area is 96.2 Å². The van der Waals surface area contributed by atoms with Gasteiger partial charge in [-0.25, -0.2) is 0 Å². The van der Waals surface area contributed by atoms with Crippen molar-refractivity contribution in [2.24, 2.45) is 5.73 Å². The van der Waals surface area contributed by atoms with Crippen molar-refractivity contribution in [3.8, 4) is 5.75 Å². The maximum Gasteiger partial charge on any atom is 0.425 e. The molecule has 0 heterocycles. The van der Waals surface area contributed by atoms with E-state index in [4.69, 9.17) is 22.7 Å². The van der Waals surface area contributed by atoms with Gasteiger partial charge in [-0.15, -0.1) is 0 Å². The van der Waals surface area contributed by atoms with Gasteiger partial charge in [0.15, 0.2) is 6.10 Å². The first kappa shape index (κ1) is 12.8. The third kappa shape index (κ3) is 3.10. The summed E-state index contributed by atoms with van der Waals surface area (Å²) in [4.78, 5) is 0.00461. The molecule has 1 atom stereocenters. The van der Waals surface area contributed by atoms with Crippen LogP contribution in [0.15, 0.2) is 24.3 Å². The molecule has 0 aliphatic carbocycles. The zero-order chi connectivity index (χ0) is 12.3. The molecule has 0 saturated carbocycles. The minimum atomic E-state index is -4.41. The second-order valence-corrected chi connectivity index (χ2v) is 3.60. The molecule has 0 aliphatic rings. The lowest BCUT2D eigenvalue weighted by molar-refractivity contribution is -0.189. The van der Waals surface area contributed by atoms with E-state index < -0.39 is 12.3 Å². The molecule has 0 radical (unpaired) electrons. The molecule has 1 rings (SSSR count). The second kappa shape index (κ2) is 4.69. The molecule has 0 aromatic heterocycles. The SMILES string of the molecule is CC(Oc1ccccc1C(N)=S)C(F)(F)F. The first-order chi connectivity index (χ1) is 7.32. The summed E-state index contributed by atoms with van der Waals surface area (Å²) in [7, 11) is 0. The number of thiocarbonyl (C=S) groups is 1. The molecule has 88 valence electrons. The van der Waals surface area contributed by atoms with Crippen LogP contribution in [0.4, 0.5) is 13.2 Å². The first-order valence-corrected chi connectivity index (χ1v) is 4.85. The fraction of sp³-hybridized carbons (Fsp3) is 0.300. The molecule has 0 fully saturated rings. The zero-order valence-electron chi connectivity index (χ0n) is 8.41. The van der Waals surface area contributed by atoms with Crippen LogP contribution in [0.25, 0.3) is 0 Å². The summed E-state index contributed by atoms with van der Waals surface area (Å²) >= 11 is 4.71. The fourth-order valence-corrected chi connectivity index (χ4v) is 1.20. The third-order valence-electron chi connectivity index (χ3n) is 1.92. The van der Waals surface area contributed by atoms with Crippen molar-refractivity contribution in [2.75, 3.05) is 0 Å².